The number of benzene rings is 1. The van der Waals surface area contributed by atoms with Gasteiger partial charge in [-0.05, 0) is 25.0 Å². The quantitative estimate of drug-likeness (QED) is 0.451. The average molecular weight is 258 g/mol. The van der Waals surface area contributed by atoms with Gasteiger partial charge in [-0.3, -0.25) is 0 Å². The van der Waals surface area contributed by atoms with Crippen LogP contribution in [0.1, 0.15) is 31.2 Å². The van der Waals surface area contributed by atoms with E-state index in [1.54, 1.807) is 0 Å². The maximum absolute atomic E-state index is 13.8. The number of rotatable bonds is 2. The van der Waals surface area contributed by atoms with Gasteiger partial charge in [-0.25, -0.2) is 13.6 Å². The van der Waals surface area contributed by atoms with Gasteiger partial charge in [0.2, 0.25) is 6.08 Å². The molecule has 0 spiro atoms. The molecule has 5 heteroatoms. The van der Waals surface area contributed by atoms with Gasteiger partial charge in [0.1, 0.15) is 17.2 Å². The van der Waals surface area contributed by atoms with Crippen molar-refractivity contribution in [3.05, 3.63) is 34.4 Å². The topological polar surface area (TPSA) is 29.4 Å². The van der Waals surface area contributed by atoms with Crippen LogP contribution in [0.4, 0.5) is 8.78 Å². The molecule has 2 nitrogen and oxygen atoms in total. The van der Waals surface area contributed by atoms with Crippen molar-refractivity contribution in [2.24, 2.45) is 4.99 Å². The molecule has 1 aromatic carbocycles. The number of aliphatic imine (C=N–C) groups is 1. The molecule has 1 aliphatic carbocycles. The van der Waals surface area contributed by atoms with E-state index in [2.05, 4.69) is 4.99 Å². The number of carbonyl (C=O) groups excluding carboxylic acids is 1. The molecule has 0 saturated heterocycles. The van der Waals surface area contributed by atoms with Crippen LogP contribution in [0.5, 0.6) is 0 Å². The second-order valence-electron chi connectivity index (χ2n) is 4.19. The summed E-state index contributed by atoms with van der Waals surface area (Å²) in [6.45, 7) is 0. The average Bonchev–Trinajstić information content (AvgIpc) is 2.73. The Morgan fingerprint density at radius 3 is 2.47 bits per heavy atom. The molecule has 2 rings (SSSR count). The summed E-state index contributed by atoms with van der Waals surface area (Å²) in [5, 5.41) is -0.269. The highest BCUT2D eigenvalue weighted by atomic mass is 35.5. The Morgan fingerprint density at radius 1 is 1.24 bits per heavy atom. The minimum atomic E-state index is -0.961. The van der Waals surface area contributed by atoms with E-state index in [1.807, 2.05) is 0 Å². The molecule has 0 heterocycles. The lowest BCUT2D eigenvalue weighted by Gasteiger charge is -2.23. The summed E-state index contributed by atoms with van der Waals surface area (Å²) in [5.41, 5.74) is -0.864. The van der Waals surface area contributed by atoms with Gasteiger partial charge >= 0.3 is 0 Å². The van der Waals surface area contributed by atoms with E-state index in [0.717, 1.165) is 25.0 Å². The Hall–Kier alpha value is -1.25. The fraction of sp³-hybridized carbons (Fsp3) is 0.417. The lowest BCUT2D eigenvalue weighted by Crippen LogP contribution is -2.21. The van der Waals surface area contributed by atoms with Crippen molar-refractivity contribution in [3.63, 3.8) is 0 Å². The van der Waals surface area contributed by atoms with Crippen molar-refractivity contribution < 1.29 is 13.6 Å². The summed E-state index contributed by atoms with van der Waals surface area (Å²) in [7, 11) is 0. The molecule has 1 aromatic rings. The summed E-state index contributed by atoms with van der Waals surface area (Å²) in [6, 6.07) is 1.95. The van der Waals surface area contributed by atoms with E-state index in [9.17, 15) is 13.6 Å². The number of isocyanates is 1. The van der Waals surface area contributed by atoms with Crippen LogP contribution in [-0.2, 0) is 10.3 Å². The Labute approximate surface area is 102 Å². The molecule has 17 heavy (non-hydrogen) atoms. The summed E-state index contributed by atoms with van der Waals surface area (Å²) < 4.78 is 27.2. The van der Waals surface area contributed by atoms with Crippen LogP contribution in [-0.4, -0.2) is 6.08 Å². The smallest absolute Gasteiger partial charge is 0.211 e. The SMILES string of the molecule is O=C=NC1(c2cc(F)c(Cl)cc2F)CCCC1. The lowest BCUT2D eigenvalue weighted by molar-refractivity contribution is 0.426. The third-order valence-electron chi connectivity index (χ3n) is 3.20. The lowest BCUT2D eigenvalue weighted by atomic mass is 9.88. The van der Waals surface area contributed by atoms with Gasteiger partial charge in [-0.2, -0.15) is 4.99 Å². The van der Waals surface area contributed by atoms with E-state index < -0.39 is 17.2 Å². The van der Waals surface area contributed by atoms with Crippen LogP contribution in [0.15, 0.2) is 17.1 Å². The van der Waals surface area contributed by atoms with E-state index in [4.69, 9.17) is 11.6 Å². The largest absolute Gasteiger partial charge is 0.235 e. The predicted octanol–water partition coefficient (Wildman–Crippen LogP) is 3.72. The molecule has 0 aromatic heterocycles. The first-order chi connectivity index (χ1) is 8.09. The van der Waals surface area contributed by atoms with Gasteiger partial charge in [0.15, 0.2) is 0 Å². The second-order valence-corrected chi connectivity index (χ2v) is 4.60. The van der Waals surface area contributed by atoms with Crippen LogP contribution in [0, 0.1) is 11.6 Å². The van der Waals surface area contributed by atoms with Crippen LogP contribution >= 0.6 is 11.6 Å². The van der Waals surface area contributed by atoms with Crippen molar-refractivity contribution in [3.8, 4) is 0 Å². The third kappa shape index (κ3) is 2.11. The zero-order valence-corrected chi connectivity index (χ0v) is 9.73. The van der Waals surface area contributed by atoms with E-state index in [1.165, 1.54) is 6.08 Å². The minimum Gasteiger partial charge on any atom is -0.211 e. The molecule has 0 N–H and O–H groups in total. The first kappa shape index (κ1) is 12.2. The maximum Gasteiger partial charge on any atom is 0.235 e. The van der Waals surface area contributed by atoms with Crippen molar-refractivity contribution in [1.29, 1.82) is 0 Å². The zero-order chi connectivity index (χ0) is 12.5. The molecule has 1 fully saturated rings. The monoisotopic (exact) mass is 257 g/mol. The van der Waals surface area contributed by atoms with Gasteiger partial charge in [0, 0.05) is 5.56 Å². The Kier molecular flexibility index (Phi) is 3.27. The number of nitrogens with zero attached hydrogens (tertiary/aromatic N) is 1. The first-order valence-corrected chi connectivity index (χ1v) is 5.71. The highest BCUT2D eigenvalue weighted by molar-refractivity contribution is 6.30. The van der Waals surface area contributed by atoms with Gasteiger partial charge in [-0.1, -0.05) is 24.4 Å². The predicted molar refractivity (Wildman–Crippen MR) is 59.6 cm³/mol. The highest BCUT2D eigenvalue weighted by Gasteiger charge is 2.38. The van der Waals surface area contributed by atoms with E-state index >= 15 is 0 Å². The third-order valence-corrected chi connectivity index (χ3v) is 3.49. The van der Waals surface area contributed by atoms with Crippen LogP contribution in [0.2, 0.25) is 5.02 Å². The Balaban J connectivity index is 2.57. The second kappa shape index (κ2) is 4.55. The van der Waals surface area contributed by atoms with Crippen molar-refractivity contribution in [2.45, 2.75) is 31.2 Å². The van der Waals surface area contributed by atoms with Crippen molar-refractivity contribution >= 4 is 17.7 Å². The van der Waals surface area contributed by atoms with Gasteiger partial charge in [-0.15, -0.1) is 0 Å². The molecular formula is C12H10ClF2NO. The standard InChI is InChI=1S/C12H10ClF2NO/c13-9-6-10(14)8(5-11(9)15)12(16-7-17)3-1-2-4-12/h5-6H,1-4H2. The summed E-state index contributed by atoms with van der Waals surface area (Å²) >= 11 is 5.49. The molecule has 1 saturated carbocycles. The van der Waals surface area contributed by atoms with E-state index in [-0.39, 0.29) is 10.6 Å². The van der Waals surface area contributed by atoms with Crippen molar-refractivity contribution in [1.82, 2.24) is 0 Å². The number of hydrogen-bond donors (Lipinski definition) is 0. The molecule has 0 unspecified atom stereocenters. The van der Waals surface area contributed by atoms with Crippen LogP contribution in [0.3, 0.4) is 0 Å². The maximum atomic E-state index is 13.8. The van der Waals surface area contributed by atoms with Gasteiger partial charge in [0.05, 0.1) is 5.02 Å². The van der Waals surface area contributed by atoms with Crippen LogP contribution < -0.4 is 0 Å². The minimum absolute atomic E-state index is 0.0975. The molecule has 1 aliphatic rings. The van der Waals surface area contributed by atoms with Crippen molar-refractivity contribution in [2.75, 3.05) is 0 Å². The van der Waals surface area contributed by atoms with E-state index in [0.29, 0.717) is 12.8 Å². The molecular weight excluding hydrogens is 248 g/mol. The van der Waals surface area contributed by atoms with Gasteiger partial charge in [0.25, 0.3) is 0 Å². The Morgan fingerprint density at radius 2 is 1.88 bits per heavy atom. The fourth-order valence-corrected chi connectivity index (χ4v) is 2.52. The molecule has 0 aliphatic heterocycles. The molecule has 90 valence electrons. The molecule has 0 radical (unpaired) electrons. The summed E-state index contributed by atoms with van der Waals surface area (Å²) in [4.78, 5) is 14.2. The molecule has 0 atom stereocenters. The fourth-order valence-electron chi connectivity index (χ4n) is 2.37. The number of halogens is 3. The summed E-state index contributed by atoms with van der Waals surface area (Å²) in [5.74, 6) is -1.33. The van der Waals surface area contributed by atoms with Crippen LogP contribution in [0.25, 0.3) is 0 Å². The first-order valence-electron chi connectivity index (χ1n) is 5.33. The van der Waals surface area contributed by atoms with Gasteiger partial charge < -0.3 is 0 Å². The molecule has 0 amide bonds. The normalized spacial score (nSPS) is 17.8. The zero-order valence-electron chi connectivity index (χ0n) is 8.97. The highest BCUT2D eigenvalue weighted by Crippen LogP contribution is 2.43. The Bertz CT molecular complexity index is 492. The number of hydrogen-bond acceptors (Lipinski definition) is 2. The summed E-state index contributed by atoms with van der Waals surface area (Å²) in [6.07, 6.45) is 4.18. The molecule has 0 bridgehead atoms.